The average molecular weight is 2020 g/mol. The summed E-state index contributed by atoms with van der Waals surface area (Å²) in [4.78, 5) is 46.6. The number of carbonyl (C=O) groups is 3. The standard InChI is InChI=1S/C26H31NO3S.C24H37NO3.C24H35NO2S.C23H35ClOS.C22H35ClO2S/c1-3-4-5-9-23(28)18-10-12-20(13-11-18)25-19(14-16-22(25)27-2)7-6-8-21-15-17-24(31-21)26(29)30;1-3-24(14-9-15-24)23(28)13-8-12-21-20(19(17-25)16-22(21)27)11-7-5-4-6-10-18(2)26;1-3-24(13-6-14-24)23(27)10-5-9-21-20(18(16-25)15-22(21)26)8-4-7-19-12-11-17(2)28-19;1-3-23(15-6-16-23)22(25)10-5-9-20-18(12-14-21(20)24)7-4-8-19-13-11-17(2)26-19;1-3-4-5-6-7-8-11-19-18(20(23)15-21(19)25)12-9-10-17-13-14-22(26-17)16(2)24/h10-13,15,17,19,23,28H,3-9,14,16H2,1H3,(H,29,30);5,7-8,12,19-23,27-28H,3-4,6,9-11,13-16H2,1-2H3;5,9,11-12,18,20-23,26-27H,3-4,6-8,10,13-15H2,1-2H3;5,9,11,13,18,20-22,25H,3-4,6-8,10,12,14-16H2,1-2H3;13-14,18-21,25H,3-12,15H2,1-2H3/b;7-5-,12-8+;2*9-5+;/t19-,23?;19-,20-,21+,22+,23?;18-,20-,21+,22+,23?;18-,20+,21+,22?;18-,19-,20-,21-/m00001/s1. The van der Waals surface area contributed by atoms with Crippen molar-refractivity contribution in [3.8, 4) is 12.1 Å². The Morgan fingerprint density at radius 2 is 0.964 bits per heavy atom. The quantitative estimate of drug-likeness (QED) is 0.00593. The fraction of sp³-hybridized carbons (Fsp3) is 0.681. The number of aryl methyl sites for hydroxylation is 6. The first kappa shape index (κ1) is 117. The van der Waals surface area contributed by atoms with E-state index in [0.29, 0.717) is 60.7 Å². The third kappa shape index (κ3) is 35.6. The van der Waals surface area contributed by atoms with Crippen LogP contribution in [0.1, 0.15) is 403 Å². The molecule has 20 atom stereocenters. The van der Waals surface area contributed by atoms with Crippen molar-refractivity contribution in [2.45, 2.75) is 430 Å². The number of aliphatic hydroxyl groups excluding tert-OH is 7. The highest BCUT2D eigenvalue weighted by molar-refractivity contribution is 7.14. The number of carboxylic acids is 1. The molecule has 0 radical (unpaired) electrons. The van der Waals surface area contributed by atoms with Gasteiger partial charge in [0.2, 0.25) is 0 Å². The number of nitriles is 2. The topological polar surface area (TPSA) is 265 Å². The molecular formula is C119H173Cl2N3O11S4. The number of aromatic carboxylic acids is 1. The molecule has 4 unspecified atom stereocenters. The molecule has 14 nitrogen and oxygen atoms in total. The van der Waals surface area contributed by atoms with Crippen molar-refractivity contribution < 1.29 is 55.2 Å². The van der Waals surface area contributed by atoms with Crippen LogP contribution in [-0.4, -0.2) is 106 Å². The Labute approximate surface area is 863 Å². The minimum atomic E-state index is -0.863. The number of aliphatic hydroxyl groups is 7. The molecule has 139 heavy (non-hydrogen) atoms. The van der Waals surface area contributed by atoms with Gasteiger partial charge in [0.25, 0.3) is 0 Å². The minimum Gasteiger partial charge on any atom is -0.477 e. The molecule has 0 spiro atoms. The Morgan fingerprint density at radius 3 is 1.44 bits per heavy atom. The van der Waals surface area contributed by atoms with Gasteiger partial charge in [0.15, 0.2) is 11.5 Å². The van der Waals surface area contributed by atoms with Crippen molar-refractivity contribution in [3.63, 3.8) is 0 Å². The largest absolute Gasteiger partial charge is 0.477 e. The number of rotatable bonds is 52. The maximum absolute atomic E-state index is 11.4. The van der Waals surface area contributed by atoms with Crippen LogP contribution in [0.5, 0.6) is 0 Å². The van der Waals surface area contributed by atoms with Crippen molar-refractivity contribution in [3.05, 3.63) is 189 Å². The normalized spacial score (nSPS) is 26.3. The second kappa shape index (κ2) is 61.0. The van der Waals surface area contributed by atoms with Gasteiger partial charge in [-0.05, 0) is 375 Å². The number of alkyl halides is 2. The lowest BCUT2D eigenvalue weighted by atomic mass is 9.63. The molecule has 8 aliphatic carbocycles. The molecule has 8 N–H and O–H groups in total. The molecule has 0 amide bonds. The lowest BCUT2D eigenvalue weighted by molar-refractivity contribution is -0.117. The van der Waals surface area contributed by atoms with Crippen LogP contribution in [0.4, 0.5) is 0 Å². The summed E-state index contributed by atoms with van der Waals surface area (Å²) < 4.78 is 0. The SMILES string of the molecule is CCC1(C(O)C/C=C/[C@@H]2[C@@H](C/C=C\CCCC(C)=O)[C@H](C#N)C[C@H]2O)CCC1.CCC1(C(O)C/C=C/[C@@H]2[C@@H](CCCc3ccc(C)s3)CC[C@H]2Cl)CCC1.CCC1(C(O)C/C=C/[C@@H]2[C@@H](CCCc3ccc(C)s3)[C@H](C#N)C[C@H]2O)CCC1.CCCCCCCC[C@@H]1[C@@H](CCCc2ccc(C(C)=O)s2)[C@H](Cl)C[C@H]1O.[C-]#[N+]C1=C(c2ccc(C(O)CCCCC)cc2)[C@@H](CCCc2ccc(C(=O)O)s2)CC1. The number of hydrogen-bond donors (Lipinski definition) is 8. The third-order valence-corrected chi connectivity index (χ3v) is 38.9. The lowest BCUT2D eigenvalue weighted by Gasteiger charge is -2.45. The van der Waals surface area contributed by atoms with E-state index in [4.69, 9.17) is 34.9 Å². The molecule has 5 aromatic rings. The number of unbranched alkanes of at least 4 members (excludes halogenated alkanes) is 8. The molecule has 20 heteroatoms. The Morgan fingerprint density at radius 1 is 0.496 bits per heavy atom. The number of carboxylic acid groups (broad SMARTS) is 1. The Bertz CT molecular complexity index is 4720. The molecule has 7 saturated carbocycles. The fourth-order valence-electron chi connectivity index (χ4n) is 23.9. The van der Waals surface area contributed by atoms with E-state index in [9.17, 15) is 60.7 Å². The number of halogens is 2. The second-order valence-corrected chi connectivity index (χ2v) is 48.8. The van der Waals surface area contributed by atoms with Crippen molar-refractivity contribution in [1.82, 2.24) is 0 Å². The molecule has 7 fully saturated rings. The maximum Gasteiger partial charge on any atom is 0.345 e. The zero-order valence-corrected chi connectivity index (χ0v) is 90.6. The molecular weight excluding hydrogens is 1850 g/mol. The van der Waals surface area contributed by atoms with Crippen LogP contribution >= 0.6 is 68.5 Å². The smallest absolute Gasteiger partial charge is 0.345 e. The van der Waals surface area contributed by atoms with Gasteiger partial charge in [-0.15, -0.1) is 68.5 Å². The van der Waals surface area contributed by atoms with Crippen molar-refractivity contribution in [1.29, 1.82) is 10.5 Å². The predicted octanol–water partition coefficient (Wildman–Crippen LogP) is 30.8. The number of allylic oxidation sites excluding steroid dienone is 5. The highest BCUT2D eigenvalue weighted by Gasteiger charge is 2.47. The summed E-state index contributed by atoms with van der Waals surface area (Å²) in [6, 6.07) is 29.4. The fourth-order valence-corrected chi connectivity index (χ4v) is 28.5. The van der Waals surface area contributed by atoms with Gasteiger partial charge >= 0.3 is 5.97 Å². The van der Waals surface area contributed by atoms with E-state index in [-0.39, 0.29) is 98.5 Å². The summed E-state index contributed by atoms with van der Waals surface area (Å²) in [5.41, 5.74) is 4.50. The van der Waals surface area contributed by atoms with E-state index in [1.54, 1.807) is 31.3 Å². The van der Waals surface area contributed by atoms with E-state index < -0.39 is 24.3 Å². The number of nitrogens with zero attached hydrogens (tertiary/aromatic N) is 3. The Balaban J connectivity index is 0.000000195. The van der Waals surface area contributed by atoms with Crippen molar-refractivity contribution >= 4 is 91.7 Å². The van der Waals surface area contributed by atoms with Crippen LogP contribution in [0.2, 0.25) is 0 Å². The second-order valence-electron chi connectivity index (χ2n) is 42.6. The minimum absolute atomic E-state index is 0.0299. The molecule has 8 aliphatic rings. The van der Waals surface area contributed by atoms with Crippen LogP contribution in [-0.2, 0) is 30.5 Å². The first-order valence-corrected chi connectivity index (χ1v) is 58.4. The highest BCUT2D eigenvalue weighted by Crippen LogP contribution is 2.53. The zero-order valence-electron chi connectivity index (χ0n) is 85.8. The zero-order chi connectivity index (χ0) is 100. The van der Waals surface area contributed by atoms with E-state index in [2.05, 4.69) is 144 Å². The molecule has 1 aromatic carbocycles. The van der Waals surface area contributed by atoms with Gasteiger partial charge in [0, 0.05) is 58.3 Å². The Hall–Kier alpha value is -5.70. The lowest BCUT2D eigenvalue weighted by Crippen LogP contribution is -2.40. The number of thiophene rings is 4. The highest BCUT2D eigenvalue weighted by atomic mass is 35.5. The van der Waals surface area contributed by atoms with Crippen LogP contribution in [0.3, 0.4) is 0 Å². The summed E-state index contributed by atoms with van der Waals surface area (Å²) in [5, 5.41) is 102. The summed E-state index contributed by atoms with van der Waals surface area (Å²) in [6.07, 6.45) is 65.6. The van der Waals surface area contributed by atoms with Gasteiger partial charge in [-0.1, -0.05) is 191 Å². The summed E-state index contributed by atoms with van der Waals surface area (Å²) in [6.45, 7) is 26.1. The molecule has 768 valence electrons. The summed E-state index contributed by atoms with van der Waals surface area (Å²) >= 11 is 20.0. The number of Topliss-reactive ketones (excluding diaryl/α,β-unsaturated/α-hetero) is 2. The summed E-state index contributed by atoms with van der Waals surface area (Å²) in [7, 11) is 0. The van der Waals surface area contributed by atoms with Crippen molar-refractivity contribution in [2.75, 3.05) is 0 Å². The molecule has 4 aromatic heterocycles. The third-order valence-electron chi connectivity index (χ3n) is 33.4. The van der Waals surface area contributed by atoms with Gasteiger partial charge in [-0.3, -0.25) is 4.79 Å². The molecule has 0 saturated heterocycles. The molecule has 4 heterocycles. The number of carbonyl (C=O) groups excluding carboxylic acids is 2. The van der Waals surface area contributed by atoms with Crippen LogP contribution in [0.15, 0.2) is 127 Å². The first-order valence-electron chi connectivity index (χ1n) is 54.2. The maximum atomic E-state index is 11.4. The van der Waals surface area contributed by atoms with E-state index in [0.717, 1.165) is 219 Å². The van der Waals surface area contributed by atoms with Crippen LogP contribution in [0.25, 0.3) is 10.4 Å². The number of benzene rings is 1. The van der Waals surface area contributed by atoms with Gasteiger partial charge < -0.3 is 45.6 Å². The molecule has 0 bridgehead atoms. The van der Waals surface area contributed by atoms with Gasteiger partial charge in [0.05, 0.1) is 78.2 Å². The number of hydrogen-bond acceptors (Lipinski definition) is 16. The average Bonchev–Trinajstić information content (AvgIpc) is 1.45. The van der Waals surface area contributed by atoms with Crippen molar-refractivity contribution in [2.24, 2.45) is 81.3 Å². The predicted molar refractivity (Wildman–Crippen MR) is 579 cm³/mol. The monoisotopic (exact) mass is 2020 g/mol. The van der Waals surface area contributed by atoms with Gasteiger partial charge in [-0.2, -0.15) is 10.5 Å². The van der Waals surface area contributed by atoms with E-state index in [1.807, 2.05) is 59.1 Å². The van der Waals surface area contributed by atoms with Crippen LogP contribution < -0.4 is 0 Å². The molecule has 13 rings (SSSR count). The Kier molecular flexibility index (Phi) is 51.3. The first-order chi connectivity index (χ1) is 67.0. The molecule has 0 aliphatic heterocycles. The van der Waals surface area contributed by atoms with Gasteiger partial charge in [-0.25, -0.2) is 9.64 Å². The van der Waals surface area contributed by atoms with E-state index >= 15 is 0 Å². The number of ketones is 2. The van der Waals surface area contributed by atoms with Crippen LogP contribution in [0, 0.1) is 124 Å². The van der Waals surface area contributed by atoms with Gasteiger partial charge in [0.1, 0.15) is 10.7 Å². The summed E-state index contributed by atoms with van der Waals surface area (Å²) in [5.74, 6) is 2.05. The van der Waals surface area contributed by atoms with E-state index in [1.165, 1.54) is 138 Å².